The van der Waals surface area contributed by atoms with Crippen LogP contribution >= 0.6 is 0 Å². The molecule has 2 aliphatic rings. The summed E-state index contributed by atoms with van der Waals surface area (Å²) in [6, 6.07) is 0.138. The molecule has 2 heterocycles. The second kappa shape index (κ2) is 7.09. The van der Waals surface area contributed by atoms with Gasteiger partial charge in [-0.1, -0.05) is 18.6 Å². The highest BCUT2D eigenvalue weighted by Gasteiger charge is 2.38. The summed E-state index contributed by atoms with van der Waals surface area (Å²) in [5, 5.41) is 7.94. The molecule has 0 saturated carbocycles. The number of nitrogens with zero attached hydrogens (tertiary/aromatic N) is 3. The Bertz CT molecular complexity index is 621. The summed E-state index contributed by atoms with van der Waals surface area (Å²) in [5.74, 6) is 1.92. The lowest BCUT2D eigenvalue weighted by Crippen LogP contribution is -2.34. The van der Waals surface area contributed by atoms with E-state index in [9.17, 15) is 4.79 Å². The molecular formula is C19H30N4O. The summed E-state index contributed by atoms with van der Waals surface area (Å²) in [4.78, 5) is 14.1. The van der Waals surface area contributed by atoms with Crippen molar-refractivity contribution < 1.29 is 4.79 Å². The molecule has 132 valence electrons. The Balaban J connectivity index is 1.62. The van der Waals surface area contributed by atoms with E-state index in [1.807, 2.05) is 36.1 Å². The molecule has 3 rings (SSSR count). The van der Waals surface area contributed by atoms with Crippen molar-refractivity contribution in [3.8, 4) is 0 Å². The number of hydrogen-bond donors (Lipinski definition) is 1. The summed E-state index contributed by atoms with van der Waals surface area (Å²) in [6.45, 7) is 6.51. The van der Waals surface area contributed by atoms with Crippen molar-refractivity contribution >= 4 is 5.91 Å². The van der Waals surface area contributed by atoms with Crippen molar-refractivity contribution in [1.82, 2.24) is 20.0 Å². The number of likely N-dealkylation sites (tertiary alicyclic amines) is 1. The van der Waals surface area contributed by atoms with E-state index in [2.05, 4.69) is 30.3 Å². The minimum absolute atomic E-state index is 0.138. The minimum atomic E-state index is 0.138. The molecule has 4 atom stereocenters. The van der Waals surface area contributed by atoms with Gasteiger partial charge in [0.25, 0.3) is 0 Å². The smallest absolute Gasteiger partial charge is 0.223 e. The molecular weight excluding hydrogens is 300 g/mol. The Hall–Kier alpha value is -1.62. The van der Waals surface area contributed by atoms with Gasteiger partial charge in [-0.05, 0) is 31.6 Å². The third kappa shape index (κ3) is 3.41. The fourth-order valence-corrected chi connectivity index (χ4v) is 4.39. The van der Waals surface area contributed by atoms with Crippen LogP contribution in [-0.2, 0) is 11.8 Å². The Morgan fingerprint density at radius 1 is 1.33 bits per heavy atom. The van der Waals surface area contributed by atoms with E-state index in [0.717, 1.165) is 24.6 Å². The van der Waals surface area contributed by atoms with Crippen LogP contribution in [0.3, 0.4) is 0 Å². The van der Waals surface area contributed by atoms with Gasteiger partial charge in [0.05, 0.1) is 12.2 Å². The van der Waals surface area contributed by atoms with Crippen LogP contribution < -0.4 is 5.32 Å². The van der Waals surface area contributed by atoms with Gasteiger partial charge in [-0.2, -0.15) is 5.10 Å². The third-order valence-corrected chi connectivity index (χ3v) is 5.89. The number of rotatable bonds is 5. The molecule has 0 radical (unpaired) electrons. The van der Waals surface area contributed by atoms with Crippen molar-refractivity contribution in [2.75, 3.05) is 20.1 Å². The molecule has 1 aliphatic heterocycles. The molecule has 5 nitrogen and oxygen atoms in total. The van der Waals surface area contributed by atoms with Gasteiger partial charge in [0.15, 0.2) is 0 Å². The van der Waals surface area contributed by atoms with Crippen LogP contribution in [0.2, 0.25) is 0 Å². The van der Waals surface area contributed by atoms with Crippen LogP contribution in [0.1, 0.15) is 44.7 Å². The topological polar surface area (TPSA) is 50.2 Å². The number of nitrogens with one attached hydrogen (secondary N) is 1. The van der Waals surface area contributed by atoms with Gasteiger partial charge in [-0.15, -0.1) is 0 Å². The molecule has 1 aromatic heterocycles. The number of amides is 1. The SMILES string of the molecule is CC1=CCC[C@@H](C)[C@@H]1CNC[C@@H]1CC(=O)N(C)[C@H]1c1cnn(C)c1. The maximum atomic E-state index is 12.2. The van der Waals surface area contributed by atoms with E-state index < -0.39 is 0 Å². The van der Waals surface area contributed by atoms with E-state index in [1.165, 1.54) is 18.4 Å². The summed E-state index contributed by atoms with van der Waals surface area (Å²) in [5.41, 5.74) is 2.66. The number of carbonyl (C=O) groups excluding carboxylic acids is 1. The summed E-state index contributed by atoms with van der Waals surface area (Å²) in [6.07, 6.45) is 9.43. The molecule has 1 N–H and O–H groups in total. The van der Waals surface area contributed by atoms with E-state index >= 15 is 0 Å². The zero-order valence-electron chi connectivity index (χ0n) is 15.3. The van der Waals surface area contributed by atoms with Crippen LogP contribution in [0.15, 0.2) is 24.0 Å². The minimum Gasteiger partial charge on any atom is -0.338 e. The van der Waals surface area contributed by atoms with Gasteiger partial charge in [-0.25, -0.2) is 0 Å². The van der Waals surface area contributed by atoms with Crippen molar-refractivity contribution in [2.24, 2.45) is 24.8 Å². The Morgan fingerprint density at radius 3 is 2.79 bits per heavy atom. The maximum Gasteiger partial charge on any atom is 0.223 e. The summed E-state index contributed by atoms with van der Waals surface area (Å²) >= 11 is 0. The van der Waals surface area contributed by atoms with E-state index in [4.69, 9.17) is 0 Å². The molecule has 1 aromatic rings. The monoisotopic (exact) mass is 330 g/mol. The standard InChI is InChI=1S/C19H30N4O/c1-13-6-5-7-14(2)17(13)11-20-9-15-8-18(24)23(4)19(15)16-10-21-22(3)12-16/h6,10,12,14-15,17,19-20H,5,7-9,11H2,1-4H3/t14-,15+,17-,19-/m1/s1. The lowest BCUT2D eigenvalue weighted by molar-refractivity contribution is -0.127. The Labute approximate surface area is 145 Å². The number of allylic oxidation sites excluding steroid dienone is 1. The van der Waals surface area contributed by atoms with Crippen LogP contribution in [0.5, 0.6) is 0 Å². The van der Waals surface area contributed by atoms with Crippen molar-refractivity contribution in [2.45, 2.75) is 39.2 Å². The summed E-state index contributed by atoms with van der Waals surface area (Å²) < 4.78 is 1.81. The first kappa shape index (κ1) is 17.2. The lowest BCUT2D eigenvalue weighted by atomic mass is 9.80. The molecule has 1 amide bonds. The molecule has 0 spiro atoms. The first-order chi connectivity index (χ1) is 11.5. The largest absolute Gasteiger partial charge is 0.338 e. The molecule has 1 fully saturated rings. The third-order valence-electron chi connectivity index (χ3n) is 5.89. The fraction of sp³-hybridized carbons (Fsp3) is 0.684. The fourth-order valence-electron chi connectivity index (χ4n) is 4.39. The maximum absolute atomic E-state index is 12.2. The molecule has 24 heavy (non-hydrogen) atoms. The second-order valence-electron chi connectivity index (χ2n) is 7.63. The van der Waals surface area contributed by atoms with Crippen molar-refractivity contribution in [1.29, 1.82) is 0 Å². The van der Waals surface area contributed by atoms with Crippen molar-refractivity contribution in [3.63, 3.8) is 0 Å². The molecule has 0 unspecified atom stereocenters. The quantitative estimate of drug-likeness (QED) is 0.844. The number of hydrogen-bond acceptors (Lipinski definition) is 3. The molecule has 0 aromatic carbocycles. The lowest BCUT2D eigenvalue weighted by Gasteiger charge is -2.30. The first-order valence-corrected chi connectivity index (χ1v) is 9.09. The summed E-state index contributed by atoms with van der Waals surface area (Å²) in [7, 11) is 3.84. The molecule has 0 bridgehead atoms. The van der Waals surface area contributed by atoms with Gasteiger partial charge in [0.2, 0.25) is 5.91 Å². The first-order valence-electron chi connectivity index (χ1n) is 9.09. The number of aromatic nitrogens is 2. The highest BCUT2D eigenvalue weighted by molar-refractivity contribution is 5.79. The van der Waals surface area contributed by atoms with Crippen molar-refractivity contribution in [3.05, 3.63) is 29.6 Å². The molecule has 1 aliphatic carbocycles. The predicted molar refractivity (Wildman–Crippen MR) is 95.3 cm³/mol. The van der Waals surface area contributed by atoms with Crippen LogP contribution in [0, 0.1) is 17.8 Å². The Morgan fingerprint density at radius 2 is 2.12 bits per heavy atom. The zero-order valence-corrected chi connectivity index (χ0v) is 15.3. The van der Waals surface area contributed by atoms with Gasteiger partial charge in [0, 0.05) is 51.3 Å². The highest BCUT2D eigenvalue weighted by Crippen LogP contribution is 2.36. The van der Waals surface area contributed by atoms with Crippen LogP contribution in [0.4, 0.5) is 0 Å². The van der Waals surface area contributed by atoms with E-state index in [-0.39, 0.29) is 11.9 Å². The van der Waals surface area contributed by atoms with Crippen LogP contribution in [0.25, 0.3) is 0 Å². The number of carbonyl (C=O) groups is 1. The van der Waals surface area contributed by atoms with Gasteiger partial charge >= 0.3 is 0 Å². The molecule has 1 saturated heterocycles. The number of aryl methyl sites for hydroxylation is 1. The average Bonchev–Trinajstić information content (AvgIpc) is 3.06. The normalized spacial score (nSPS) is 30.8. The van der Waals surface area contributed by atoms with E-state index in [0.29, 0.717) is 18.3 Å². The zero-order chi connectivity index (χ0) is 17.3. The molecule has 5 heteroatoms. The second-order valence-corrected chi connectivity index (χ2v) is 7.63. The highest BCUT2D eigenvalue weighted by atomic mass is 16.2. The van der Waals surface area contributed by atoms with Gasteiger partial charge < -0.3 is 10.2 Å². The Kier molecular flexibility index (Phi) is 5.09. The van der Waals surface area contributed by atoms with Gasteiger partial charge in [-0.3, -0.25) is 9.48 Å². The average molecular weight is 330 g/mol. The van der Waals surface area contributed by atoms with Crippen LogP contribution in [-0.4, -0.2) is 40.7 Å². The predicted octanol–water partition coefficient (Wildman–Crippen LogP) is 2.52. The van der Waals surface area contributed by atoms with Gasteiger partial charge in [0.1, 0.15) is 0 Å². The van der Waals surface area contributed by atoms with E-state index in [1.54, 1.807) is 0 Å².